The molecule has 7 heteroatoms. The highest BCUT2D eigenvalue weighted by molar-refractivity contribution is 5.50. The van der Waals surface area contributed by atoms with E-state index in [-0.39, 0.29) is 17.7 Å². The molecule has 1 saturated heterocycles. The fraction of sp³-hybridized carbons (Fsp3) is 0.643. The predicted molar refractivity (Wildman–Crippen MR) is 77.5 cm³/mol. The molecule has 2 rings (SSSR count). The second-order valence-corrected chi connectivity index (χ2v) is 5.65. The van der Waals surface area contributed by atoms with E-state index in [9.17, 15) is 13.2 Å². The third-order valence-electron chi connectivity index (χ3n) is 3.85. The molecule has 0 radical (unpaired) electrons. The lowest BCUT2D eigenvalue weighted by Gasteiger charge is -2.35. The van der Waals surface area contributed by atoms with Crippen LogP contribution >= 0.6 is 0 Å². The predicted octanol–water partition coefficient (Wildman–Crippen LogP) is 2.89. The van der Waals surface area contributed by atoms with Gasteiger partial charge in [0.1, 0.15) is 11.6 Å². The number of anilines is 2. The van der Waals surface area contributed by atoms with Crippen molar-refractivity contribution in [3.8, 4) is 0 Å². The lowest BCUT2D eigenvalue weighted by atomic mass is 9.94. The Morgan fingerprint density at radius 3 is 2.52 bits per heavy atom. The van der Waals surface area contributed by atoms with Crippen LogP contribution in [0, 0.1) is 5.92 Å². The van der Waals surface area contributed by atoms with Gasteiger partial charge in [0.15, 0.2) is 0 Å². The van der Waals surface area contributed by atoms with E-state index < -0.39 is 11.7 Å². The van der Waals surface area contributed by atoms with Crippen molar-refractivity contribution < 1.29 is 13.2 Å². The summed E-state index contributed by atoms with van der Waals surface area (Å²) in [5.41, 5.74) is -0.690. The summed E-state index contributed by atoms with van der Waals surface area (Å²) in [7, 11) is 3.61. The molecule has 2 heterocycles. The van der Waals surface area contributed by atoms with Crippen LogP contribution in [0.4, 0.5) is 24.8 Å². The normalized spacial score (nSPS) is 23.9. The molecule has 1 aromatic heterocycles. The maximum atomic E-state index is 12.9. The fourth-order valence-electron chi connectivity index (χ4n) is 2.65. The average Bonchev–Trinajstić information content (AvgIpc) is 2.40. The highest BCUT2D eigenvalue weighted by Gasteiger charge is 2.32. The number of hydrogen-bond donors (Lipinski definition) is 2. The first-order chi connectivity index (χ1) is 9.79. The monoisotopic (exact) mass is 302 g/mol. The molecule has 1 aliphatic rings. The second kappa shape index (κ2) is 6.09. The Morgan fingerprint density at radius 1 is 1.29 bits per heavy atom. The van der Waals surface area contributed by atoms with E-state index >= 15 is 0 Å². The summed E-state index contributed by atoms with van der Waals surface area (Å²) >= 11 is 0. The Morgan fingerprint density at radius 2 is 1.95 bits per heavy atom. The topological polar surface area (TPSA) is 40.2 Å². The zero-order valence-corrected chi connectivity index (χ0v) is 12.5. The summed E-state index contributed by atoms with van der Waals surface area (Å²) in [5, 5.41) is 5.84. The summed E-state index contributed by atoms with van der Waals surface area (Å²) in [6, 6.07) is 2.23. The summed E-state index contributed by atoms with van der Waals surface area (Å²) in [4.78, 5) is 6.40. The molecule has 118 valence electrons. The van der Waals surface area contributed by atoms with E-state index in [4.69, 9.17) is 0 Å². The van der Waals surface area contributed by atoms with Crippen LogP contribution in [0.5, 0.6) is 0 Å². The van der Waals surface area contributed by atoms with Gasteiger partial charge >= 0.3 is 6.18 Å². The number of hydrogen-bond acceptors (Lipinski definition) is 4. The van der Waals surface area contributed by atoms with Gasteiger partial charge in [0.05, 0.1) is 5.56 Å². The summed E-state index contributed by atoms with van der Waals surface area (Å²) in [5.74, 6) is 0.849. The van der Waals surface area contributed by atoms with Crippen LogP contribution in [0.2, 0.25) is 0 Å². The van der Waals surface area contributed by atoms with Crippen molar-refractivity contribution in [3.63, 3.8) is 0 Å². The molecule has 2 atom stereocenters. The molecule has 1 fully saturated rings. The molecule has 0 amide bonds. The minimum atomic E-state index is -4.37. The van der Waals surface area contributed by atoms with E-state index in [1.54, 1.807) is 7.05 Å². The van der Waals surface area contributed by atoms with E-state index in [2.05, 4.69) is 27.4 Å². The van der Waals surface area contributed by atoms with Crippen molar-refractivity contribution in [2.45, 2.75) is 25.6 Å². The Balaban J connectivity index is 2.19. The maximum Gasteiger partial charge on any atom is 0.416 e. The molecule has 0 aliphatic carbocycles. The van der Waals surface area contributed by atoms with Gasteiger partial charge in [0.25, 0.3) is 0 Å². The van der Waals surface area contributed by atoms with Gasteiger partial charge in [0.2, 0.25) is 0 Å². The van der Waals surface area contributed by atoms with Gasteiger partial charge in [-0.25, -0.2) is 4.98 Å². The number of rotatable bonds is 3. The third kappa shape index (κ3) is 4.00. The number of aromatic nitrogens is 1. The van der Waals surface area contributed by atoms with Gasteiger partial charge in [-0.1, -0.05) is 6.92 Å². The van der Waals surface area contributed by atoms with Crippen LogP contribution in [0.25, 0.3) is 0 Å². The van der Waals surface area contributed by atoms with Gasteiger partial charge in [-0.15, -0.1) is 0 Å². The van der Waals surface area contributed by atoms with E-state index in [1.165, 1.54) is 0 Å². The zero-order chi connectivity index (χ0) is 15.6. The molecule has 0 bridgehead atoms. The highest BCUT2D eigenvalue weighted by Crippen LogP contribution is 2.32. The second-order valence-electron chi connectivity index (χ2n) is 5.65. The SMILES string of the molecule is CNc1cc(C(F)(F)F)cc(NC2CCN(C)CC2C)n1. The largest absolute Gasteiger partial charge is 0.416 e. The summed E-state index contributed by atoms with van der Waals surface area (Å²) in [6.07, 6.45) is -3.48. The van der Waals surface area contributed by atoms with Gasteiger partial charge in [-0.05, 0) is 38.1 Å². The fourth-order valence-corrected chi connectivity index (χ4v) is 2.65. The quantitative estimate of drug-likeness (QED) is 0.901. The lowest BCUT2D eigenvalue weighted by Crippen LogP contribution is -2.43. The Hall–Kier alpha value is -1.50. The van der Waals surface area contributed by atoms with Crippen LogP contribution in [0.1, 0.15) is 18.9 Å². The molecule has 1 aliphatic heterocycles. The molecular formula is C14H21F3N4. The molecule has 2 unspecified atom stereocenters. The number of likely N-dealkylation sites (tertiary alicyclic amines) is 1. The molecular weight excluding hydrogens is 281 g/mol. The smallest absolute Gasteiger partial charge is 0.373 e. The lowest BCUT2D eigenvalue weighted by molar-refractivity contribution is -0.137. The van der Waals surface area contributed by atoms with E-state index in [0.29, 0.717) is 5.92 Å². The van der Waals surface area contributed by atoms with Crippen molar-refractivity contribution in [3.05, 3.63) is 17.7 Å². The minimum Gasteiger partial charge on any atom is -0.373 e. The van der Waals surface area contributed by atoms with Crippen LogP contribution in [0.3, 0.4) is 0 Å². The van der Waals surface area contributed by atoms with Crippen LogP contribution < -0.4 is 10.6 Å². The van der Waals surface area contributed by atoms with Crippen molar-refractivity contribution in [1.29, 1.82) is 0 Å². The average molecular weight is 302 g/mol. The Kier molecular flexibility index (Phi) is 4.61. The number of halogens is 3. The maximum absolute atomic E-state index is 12.9. The van der Waals surface area contributed by atoms with E-state index in [0.717, 1.165) is 31.6 Å². The van der Waals surface area contributed by atoms with Crippen LogP contribution in [0.15, 0.2) is 12.1 Å². The number of nitrogens with one attached hydrogen (secondary N) is 2. The standard InChI is InChI=1S/C14H21F3N4/c1-9-8-21(3)5-4-11(9)19-13-7-10(14(15,16)17)6-12(18-2)20-13/h6-7,9,11H,4-5,8H2,1-3H3,(H2,18,19,20). The first-order valence-electron chi connectivity index (χ1n) is 7.01. The van der Waals surface area contributed by atoms with Crippen LogP contribution in [-0.4, -0.2) is 43.1 Å². The molecule has 1 aromatic rings. The minimum absolute atomic E-state index is 0.141. The molecule has 4 nitrogen and oxygen atoms in total. The van der Waals surface area contributed by atoms with Gasteiger partial charge < -0.3 is 15.5 Å². The molecule has 2 N–H and O–H groups in total. The zero-order valence-electron chi connectivity index (χ0n) is 12.5. The van der Waals surface area contributed by atoms with Crippen molar-refractivity contribution in [2.24, 2.45) is 5.92 Å². The Labute approximate surface area is 122 Å². The molecule has 0 saturated carbocycles. The number of nitrogens with zero attached hydrogens (tertiary/aromatic N) is 2. The van der Waals surface area contributed by atoms with Crippen LogP contribution in [-0.2, 0) is 6.18 Å². The summed E-state index contributed by atoms with van der Waals surface area (Å²) < 4.78 is 38.7. The van der Waals surface area contributed by atoms with Crippen molar-refractivity contribution in [1.82, 2.24) is 9.88 Å². The van der Waals surface area contributed by atoms with Gasteiger partial charge in [0, 0.05) is 19.6 Å². The van der Waals surface area contributed by atoms with Crippen molar-refractivity contribution in [2.75, 3.05) is 37.8 Å². The number of alkyl halides is 3. The first kappa shape index (κ1) is 15.9. The number of pyridine rings is 1. The molecule has 0 spiro atoms. The van der Waals surface area contributed by atoms with Gasteiger partial charge in [-0.3, -0.25) is 0 Å². The number of piperidine rings is 1. The molecule has 21 heavy (non-hydrogen) atoms. The third-order valence-corrected chi connectivity index (χ3v) is 3.85. The van der Waals surface area contributed by atoms with Gasteiger partial charge in [-0.2, -0.15) is 13.2 Å². The summed E-state index contributed by atoms with van der Waals surface area (Å²) in [6.45, 7) is 3.95. The van der Waals surface area contributed by atoms with Crippen molar-refractivity contribution >= 4 is 11.6 Å². The molecule has 0 aromatic carbocycles. The van der Waals surface area contributed by atoms with E-state index in [1.807, 2.05) is 7.05 Å². The first-order valence-corrected chi connectivity index (χ1v) is 7.01. The Bertz CT molecular complexity index is 490. The highest BCUT2D eigenvalue weighted by atomic mass is 19.4.